The molecule has 3 heterocycles. The Balaban J connectivity index is 1.85. The van der Waals surface area contributed by atoms with Crippen molar-refractivity contribution in [1.82, 2.24) is 4.90 Å². The van der Waals surface area contributed by atoms with E-state index in [-0.39, 0.29) is 30.2 Å². The Labute approximate surface area is 192 Å². The van der Waals surface area contributed by atoms with E-state index >= 15 is 0 Å². The van der Waals surface area contributed by atoms with Crippen LogP contribution < -0.4 is 4.90 Å². The van der Waals surface area contributed by atoms with E-state index in [4.69, 9.17) is 0 Å². The lowest BCUT2D eigenvalue weighted by Crippen LogP contribution is -2.57. The maximum absolute atomic E-state index is 14.3. The van der Waals surface area contributed by atoms with E-state index in [0.29, 0.717) is 12.8 Å². The highest BCUT2D eigenvalue weighted by Crippen LogP contribution is 2.66. The number of aryl methyl sites for hydroxylation is 2. The number of carboxylic acids is 1. The number of amides is 2. The number of anilines is 1. The van der Waals surface area contributed by atoms with Crippen LogP contribution in [0.3, 0.4) is 0 Å². The molecular formula is C24H30N2O5S. The summed E-state index contributed by atoms with van der Waals surface area (Å²) in [6.45, 7) is 9.40. The first-order chi connectivity index (χ1) is 15.2. The molecule has 3 fully saturated rings. The predicted octanol–water partition coefficient (Wildman–Crippen LogP) is 2.38. The van der Waals surface area contributed by atoms with Crippen LogP contribution in [0.25, 0.3) is 0 Å². The van der Waals surface area contributed by atoms with E-state index in [1.165, 1.54) is 16.7 Å². The van der Waals surface area contributed by atoms with Crippen molar-refractivity contribution in [3.63, 3.8) is 0 Å². The van der Waals surface area contributed by atoms with Gasteiger partial charge in [-0.25, -0.2) is 0 Å². The van der Waals surface area contributed by atoms with Crippen molar-refractivity contribution in [3.05, 3.63) is 42.0 Å². The number of carbonyl (C=O) groups is 3. The number of carbonyl (C=O) groups excluding carboxylic acids is 2. The van der Waals surface area contributed by atoms with Gasteiger partial charge in [-0.1, -0.05) is 24.3 Å². The fraction of sp³-hybridized carbons (Fsp3) is 0.542. The first-order valence-corrected chi connectivity index (χ1v) is 11.9. The van der Waals surface area contributed by atoms with Gasteiger partial charge in [-0.15, -0.1) is 18.3 Å². The zero-order valence-electron chi connectivity index (χ0n) is 18.7. The summed E-state index contributed by atoms with van der Waals surface area (Å²) in [6.07, 6.45) is 2.94. The Morgan fingerprint density at radius 3 is 2.59 bits per heavy atom. The molecule has 6 atom stereocenters. The second-order valence-electron chi connectivity index (χ2n) is 9.15. The minimum Gasteiger partial charge on any atom is -0.481 e. The number of carboxylic acid groups (broad SMARTS) is 1. The summed E-state index contributed by atoms with van der Waals surface area (Å²) in [5.41, 5.74) is 2.66. The molecular weight excluding hydrogens is 428 g/mol. The number of likely N-dealkylation sites (tertiary alicyclic amines) is 1. The molecule has 0 aromatic heterocycles. The van der Waals surface area contributed by atoms with Crippen LogP contribution in [-0.2, 0) is 14.4 Å². The number of benzene rings is 1. The molecule has 3 aliphatic heterocycles. The molecule has 2 bridgehead atoms. The number of rotatable bonds is 7. The SMILES string of the molecule is C=CCN(C(=O)C1N([C@H](C)CO)C(=O)[C@@H]2[C@@H](C(=O)O)[C@H]3CCC12S3)c1c(C)cccc1C. The van der Waals surface area contributed by atoms with Gasteiger partial charge in [0.15, 0.2) is 0 Å². The molecule has 8 heteroatoms. The Bertz CT molecular complexity index is 961. The second-order valence-corrected chi connectivity index (χ2v) is 10.8. The zero-order chi connectivity index (χ0) is 23.4. The van der Waals surface area contributed by atoms with Gasteiger partial charge in [0.1, 0.15) is 6.04 Å². The molecule has 3 aliphatic rings. The highest BCUT2D eigenvalue weighted by molar-refractivity contribution is 8.02. The van der Waals surface area contributed by atoms with E-state index in [1.54, 1.807) is 17.9 Å². The molecule has 3 saturated heterocycles. The van der Waals surface area contributed by atoms with Crippen LogP contribution in [0.2, 0.25) is 0 Å². The zero-order valence-corrected chi connectivity index (χ0v) is 19.5. The van der Waals surface area contributed by atoms with Gasteiger partial charge >= 0.3 is 5.97 Å². The molecule has 1 aromatic rings. The summed E-state index contributed by atoms with van der Waals surface area (Å²) in [6, 6.07) is 4.40. The van der Waals surface area contributed by atoms with Crippen LogP contribution in [0.4, 0.5) is 5.69 Å². The lowest BCUT2D eigenvalue weighted by molar-refractivity contribution is -0.149. The predicted molar refractivity (Wildman–Crippen MR) is 124 cm³/mol. The van der Waals surface area contributed by atoms with Crippen LogP contribution in [-0.4, -0.2) is 68.1 Å². The van der Waals surface area contributed by atoms with Crippen LogP contribution in [0, 0.1) is 25.7 Å². The molecule has 0 radical (unpaired) electrons. The molecule has 7 nitrogen and oxygen atoms in total. The molecule has 32 heavy (non-hydrogen) atoms. The normalized spacial score (nSPS) is 31.5. The van der Waals surface area contributed by atoms with Gasteiger partial charge in [0.25, 0.3) is 5.91 Å². The molecule has 0 aliphatic carbocycles. The van der Waals surface area contributed by atoms with Gasteiger partial charge in [-0.2, -0.15) is 0 Å². The van der Waals surface area contributed by atoms with E-state index in [1.807, 2.05) is 32.0 Å². The first-order valence-electron chi connectivity index (χ1n) is 11.0. The Kier molecular flexibility index (Phi) is 5.88. The monoisotopic (exact) mass is 458 g/mol. The van der Waals surface area contributed by atoms with Crippen molar-refractivity contribution >= 4 is 35.2 Å². The number of aliphatic carboxylic acids is 1. The molecule has 2 unspecified atom stereocenters. The van der Waals surface area contributed by atoms with E-state index in [2.05, 4.69) is 6.58 Å². The van der Waals surface area contributed by atoms with Crippen molar-refractivity contribution in [3.8, 4) is 0 Å². The molecule has 4 rings (SSSR count). The number of hydrogen-bond donors (Lipinski definition) is 2. The van der Waals surface area contributed by atoms with Crippen LogP contribution in [0.1, 0.15) is 30.9 Å². The van der Waals surface area contributed by atoms with Gasteiger partial charge in [-0.3, -0.25) is 14.4 Å². The van der Waals surface area contributed by atoms with Crippen molar-refractivity contribution in [2.75, 3.05) is 18.1 Å². The average Bonchev–Trinajstić information content (AvgIpc) is 3.39. The van der Waals surface area contributed by atoms with E-state index in [9.17, 15) is 24.6 Å². The van der Waals surface area contributed by atoms with E-state index in [0.717, 1.165) is 16.8 Å². The molecule has 2 amide bonds. The molecule has 1 spiro atoms. The molecule has 172 valence electrons. The quantitative estimate of drug-likeness (QED) is 0.609. The smallest absolute Gasteiger partial charge is 0.308 e. The van der Waals surface area contributed by atoms with Crippen LogP contribution >= 0.6 is 11.8 Å². The summed E-state index contributed by atoms with van der Waals surface area (Å²) in [5, 5.41) is 19.6. The average molecular weight is 459 g/mol. The summed E-state index contributed by atoms with van der Waals surface area (Å²) in [7, 11) is 0. The van der Waals surface area contributed by atoms with E-state index < -0.39 is 34.6 Å². The fourth-order valence-corrected chi connectivity index (χ4v) is 8.21. The number of aliphatic hydroxyl groups excluding tert-OH is 1. The standard InChI is InChI=1S/C24H30N2O5S/c1-5-11-25(19-13(2)7-6-8-14(19)3)22(29)20-24-10-9-16(32-24)17(23(30)31)18(24)21(28)26(20)15(4)12-27/h5-8,15-18,20,27H,1,9-12H2,2-4H3,(H,30,31)/t15-,16-,17+,18+,20?,24?/m1/s1. The topological polar surface area (TPSA) is 98.2 Å². The summed E-state index contributed by atoms with van der Waals surface area (Å²) in [5.74, 6) is -3.11. The van der Waals surface area contributed by atoms with Gasteiger partial charge < -0.3 is 20.0 Å². The molecule has 2 N–H and O–H groups in total. The Morgan fingerprint density at radius 1 is 1.38 bits per heavy atom. The molecule has 1 aromatic carbocycles. The highest BCUT2D eigenvalue weighted by Gasteiger charge is 2.74. The third-order valence-electron chi connectivity index (χ3n) is 7.28. The van der Waals surface area contributed by atoms with Crippen molar-refractivity contribution in [2.45, 2.75) is 55.7 Å². The Morgan fingerprint density at radius 2 is 2.03 bits per heavy atom. The van der Waals surface area contributed by atoms with Gasteiger partial charge in [-0.05, 0) is 44.7 Å². The fourth-order valence-electron chi connectivity index (χ4n) is 6.01. The molecule has 0 saturated carbocycles. The number of thioether (sulfide) groups is 1. The van der Waals surface area contributed by atoms with Crippen LogP contribution in [0.15, 0.2) is 30.9 Å². The number of nitrogens with zero attached hydrogens (tertiary/aromatic N) is 2. The first kappa shape index (κ1) is 22.9. The van der Waals surface area contributed by atoms with Gasteiger partial charge in [0.05, 0.1) is 29.2 Å². The maximum atomic E-state index is 14.3. The second kappa shape index (κ2) is 8.23. The lowest BCUT2D eigenvalue weighted by Gasteiger charge is -2.39. The maximum Gasteiger partial charge on any atom is 0.308 e. The Hall–Kier alpha value is -2.32. The summed E-state index contributed by atoms with van der Waals surface area (Å²) < 4.78 is -0.790. The number of aliphatic hydroxyl groups is 1. The third kappa shape index (κ3) is 3.10. The largest absolute Gasteiger partial charge is 0.481 e. The number of para-hydroxylation sites is 1. The van der Waals surface area contributed by atoms with Crippen molar-refractivity contribution < 1.29 is 24.6 Å². The van der Waals surface area contributed by atoms with Crippen molar-refractivity contribution in [1.29, 1.82) is 0 Å². The minimum atomic E-state index is -0.982. The van der Waals surface area contributed by atoms with Gasteiger partial charge in [0, 0.05) is 17.5 Å². The van der Waals surface area contributed by atoms with Crippen LogP contribution in [0.5, 0.6) is 0 Å². The summed E-state index contributed by atoms with van der Waals surface area (Å²) in [4.78, 5) is 43.1. The highest BCUT2D eigenvalue weighted by atomic mass is 32.2. The number of fused-ring (bicyclic) bond motifs is 1. The third-order valence-corrected chi connectivity index (χ3v) is 9.24. The number of hydrogen-bond acceptors (Lipinski definition) is 5. The summed E-state index contributed by atoms with van der Waals surface area (Å²) >= 11 is 1.50. The minimum absolute atomic E-state index is 0.170. The lowest BCUT2D eigenvalue weighted by atomic mass is 9.71. The van der Waals surface area contributed by atoms with Gasteiger partial charge in [0.2, 0.25) is 5.91 Å². The van der Waals surface area contributed by atoms with Crippen molar-refractivity contribution in [2.24, 2.45) is 11.8 Å².